The molecule has 1 aliphatic rings. The molecule has 2 N–H and O–H groups in total. The highest BCUT2D eigenvalue weighted by molar-refractivity contribution is 7.09. The Kier molecular flexibility index (Phi) is 6.38. The van der Waals surface area contributed by atoms with Crippen molar-refractivity contribution in [1.82, 2.24) is 9.88 Å². The maximum absolute atomic E-state index is 12.5. The summed E-state index contributed by atoms with van der Waals surface area (Å²) in [5, 5.41) is 3.22. The summed E-state index contributed by atoms with van der Waals surface area (Å²) in [6.45, 7) is 1.94. The van der Waals surface area contributed by atoms with Crippen LogP contribution in [0.4, 0.5) is 0 Å². The molecule has 1 aromatic heterocycles. The smallest absolute Gasteiger partial charge is 0.273 e. The molecule has 8 heteroatoms. The van der Waals surface area contributed by atoms with Gasteiger partial charge >= 0.3 is 0 Å². The first-order valence-corrected chi connectivity index (χ1v) is 8.24. The average molecular weight is 374 g/mol. The second kappa shape index (κ2) is 8.08. The molecule has 2 heterocycles. The quantitative estimate of drug-likeness (QED) is 0.897. The Morgan fingerprint density at radius 2 is 2.17 bits per heavy atom. The van der Waals surface area contributed by atoms with Crippen molar-refractivity contribution in [2.75, 3.05) is 19.7 Å². The average Bonchev–Trinajstić information content (AvgIpc) is 3.04. The first-order chi connectivity index (χ1) is 10.7. The van der Waals surface area contributed by atoms with Gasteiger partial charge in [-0.05, 0) is 17.7 Å². The van der Waals surface area contributed by atoms with Gasteiger partial charge in [-0.25, -0.2) is 4.98 Å². The summed E-state index contributed by atoms with van der Waals surface area (Å²) in [5.74, 6) is -0.0711. The Labute approximate surface area is 149 Å². The monoisotopic (exact) mass is 373 g/mol. The zero-order valence-electron chi connectivity index (χ0n) is 12.3. The highest BCUT2D eigenvalue weighted by atomic mass is 35.5. The summed E-state index contributed by atoms with van der Waals surface area (Å²) in [6.07, 6.45) is -0.136. The molecule has 1 unspecified atom stereocenters. The van der Waals surface area contributed by atoms with Crippen LogP contribution in [0.5, 0.6) is 0 Å². The van der Waals surface area contributed by atoms with Crippen molar-refractivity contribution >= 4 is 41.3 Å². The fraction of sp³-hybridized carbons (Fsp3) is 0.333. The van der Waals surface area contributed by atoms with Gasteiger partial charge in [0.2, 0.25) is 0 Å². The standard InChI is InChI=1S/C15H16ClN3O2S.ClH/c16-11-3-1-10(2-4-11)13-8-19(5-6-21-13)15(20)12-9-22-14(7-17)18-12;/h1-4,9,13H,5-8,17H2;1H. The van der Waals surface area contributed by atoms with E-state index in [0.717, 1.165) is 10.6 Å². The third-order valence-electron chi connectivity index (χ3n) is 3.54. The van der Waals surface area contributed by atoms with E-state index in [9.17, 15) is 4.79 Å². The lowest BCUT2D eigenvalue weighted by molar-refractivity contribution is -0.0229. The van der Waals surface area contributed by atoms with Crippen molar-refractivity contribution in [1.29, 1.82) is 0 Å². The van der Waals surface area contributed by atoms with Crippen LogP contribution < -0.4 is 5.73 Å². The third-order valence-corrected chi connectivity index (χ3v) is 4.66. The highest BCUT2D eigenvalue weighted by Crippen LogP contribution is 2.24. The van der Waals surface area contributed by atoms with Gasteiger partial charge in [-0.15, -0.1) is 23.7 Å². The predicted octanol–water partition coefficient (Wildman–Crippen LogP) is 2.89. The molecule has 1 amide bonds. The van der Waals surface area contributed by atoms with E-state index in [1.807, 2.05) is 24.3 Å². The Hall–Kier alpha value is -1.18. The SMILES string of the molecule is Cl.NCc1nc(C(=O)N2CCOC(c3ccc(Cl)cc3)C2)cs1. The van der Waals surface area contributed by atoms with Crippen molar-refractivity contribution < 1.29 is 9.53 Å². The molecule has 5 nitrogen and oxygen atoms in total. The topological polar surface area (TPSA) is 68.5 Å². The number of morpholine rings is 1. The number of hydrogen-bond acceptors (Lipinski definition) is 5. The van der Waals surface area contributed by atoms with Crippen LogP contribution in [0.3, 0.4) is 0 Å². The minimum atomic E-state index is -0.136. The fourth-order valence-corrected chi connectivity index (χ4v) is 3.15. The number of amides is 1. The molecule has 23 heavy (non-hydrogen) atoms. The largest absolute Gasteiger partial charge is 0.370 e. The number of carbonyl (C=O) groups is 1. The van der Waals surface area contributed by atoms with Crippen LogP contribution in [0.1, 0.15) is 27.2 Å². The highest BCUT2D eigenvalue weighted by Gasteiger charge is 2.27. The number of thiazole rings is 1. The van der Waals surface area contributed by atoms with E-state index < -0.39 is 0 Å². The summed E-state index contributed by atoms with van der Waals surface area (Å²) in [5.41, 5.74) is 7.02. The summed E-state index contributed by atoms with van der Waals surface area (Å²) in [7, 11) is 0. The van der Waals surface area contributed by atoms with Crippen molar-refractivity contribution in [3.05, 3.63) is 50.9 Å². The number of nitrogens with zero attached hydrogens (tertiary/aromatic N) is 2. The maximum atomic E-state index is 12.5. The van der Waals surface area contributed by atoms with Crippen molar-refractivity contribution in [3.8, 4) is 0 Å². The third kappa shape index (κ3) is 4.22. The molecule has 0 spiro atoms. The predicted molar refractivity (Wildman–Crippen MR) is 93.3 cm³/mol. The van der Waals surface area contributed by atoms with Gasteiger partial charge in [-0.2, -0.15) is 0 Å². The van der Waals surface area contributed by atoms with Gasteiger partial charge in [0, 0.05) is 23.5 Å². The van der Waals surface area contributed by atoms with E-state index in [0.29, 0.717) is 37.0 Å². The van der Waals surface area contributed by atoms with E-state index >= 15 is 0 Å². The van der Waals surface area contributed by atoms with E-state index in [1.165, 1.54) is 11.3 Å². The first kappa shape index (κ1) is 18.2. The van der Waals surface area contributed by atoms with Gasteiger partial charge in [-0.3, -0.25) is 4.79 Å². The van der Waals surface area contributed by atoms with Crippen LogP contribution in [-0.4, -0.2) is 35.5 Å². The molecular weight excluding hydrogens is 357 g/mol. The molecule has 0 bridgehead atoms. The molecule has 1 fully saturated rings. The lowest BCUT2D eigenvalue weighted by Gasteiger charge is -2.32. The number of halogens is 2. The molecule has 1 atom stereocenters. The number of hydrogen-bond donors (Lipinski definition) is 1. The van der Waals surface area contributed by atoms with Crippen molar-refractivity contribution in [2.45, 2.75) is 12.6 Å². The molecular formula is C15H17Cl2N3O2S. The van der Waals surface area contributed by atoms with Crippen LogP contribution in [0.25, 0.3) is 0 Å². The number of nitrogens with two attached hydrogens (primary N) is 1. The molecule has 3 rings (SSSR count). The second-order valence-electron chi connectivity index (χ2n) is 4.99. The summed E-state index contributed by atoms with van der Waals surface area (Å²) < 4.78 is 5.77. The molecule has 124 valence electrons. The molecule has 0 saturated carbocycles. The van der Waals surface area contributed by atoms with E-state index in [1.54, 1.807) is 10.3 Å². The number of carbonyl (C=O) groups excluding carboxylic acids is 1. The molecule has 1 saturated heterocycles. The summed E-state index contributed by atoms with van der Waals surface area (Å²) in [4.78, 5) is 18.5. The van der Waals surface area contributed by atoms with Crippen LogP contribution in [0, 0.1) is 0 Å². The molecule has 2 aromatic rings. The molecule has 0 radical (unpaired) electrons. The number of benzene rings is 1. The summed E-state index contributed by atoms with van der Waals surface area (Å²) in [6, 6.07) is 7.51. The first-order valence-electron chi connectivity index (χ1n) is 6.98. The fourth-order valence-electron chi connectivity index (χ4n) is 2.38. The minimum absolute atomic E-state index is 0. The molecule has 0 aliphatic carbocycles. The Morgan fingerprint density at radius 1 is 1.43 bits per heavy atom. The normalized spacial score (nSPS) is 17.7. The van der Waals surface area contributed by atoms with Crippen molar-refractivity contribution in [3.63, 3.8) is 0 Å². The number of aromatic nitrogens is 1. The maximum Gasteiger partial charge on any atom is 0.273 e. The van der Waals surface area contributed by atoms with Gasteiger partial charge < -0.3 is 15.4 Å². The van der Waals surface area contributed by atoms with Crippen LogP contribution in [-0.2, 0) is 11.3 Å². The zero-order valence-corrected chi connectivity index (χ0v) is 14.7. The van der Waals surface area contributed by atoms with Crippen LogP contribution >= 0.6 is 35.3 Å². The van der Waals surface area contributed by atoms with E-state index in [2.05, 4.69) is 4.98 Å². The number of ether oxygens (including phenoxy) is 1. The summed E-state index contributed by atoms with van der Waals surface area (Å²) >= 11 is 7.31. The molecule has 1 aromatic carbocycles. The Bertz CT molecular complexity index is 663. The van der Waals surface area contributed by atoms with E-state index in [4.69, 9.17) is 22.1 Å². The number of rotatable bonds is 3. The minimum Gasteiger partial charge on any atom is -0.370 e. The Balaban J connectivity index is 0.00000192. The zero-order chi connectivity index (χ0) is 15.5. The van der Waals surface area contributed by atoms with Gasteiger partial charge in [-0.1, -0.05) is 23.7 Å². The Morgan fingerprint density at radius 3 is 2.83 bits per heavy atom. The van der Waals surface area contributed by atoms with Gasteiger partial charge in [0.25, 0.3) is 5.91 Å². The molecule has 1 aliphatic heterocycles. The lowest BCUT2D eigenvalue weighted by atomic mass is 10.1. The van der Waals surface area contributed by atoms with Gasteiger partial charge in [0.1, 0.15) is 16.8 Å². The second-order valence-corrected chi connectivity index (χ2v) is 6.37. The van der Waals surface area contributed by atoms with Gasteiger partial charge in [0.15, 0.2) is 0 Å². The van der Waals surface area contributed by atoms with Crippen LogP contribution in [0.15, 0.2) is 29.6 Å². The van der Waals surface area contributed by atoms with Crippen LogP contribution in [0.2, 0.25) is 5.02 Å². The van der Waals surface area contributed by atoms with Crippen molar-refractivity contribution in [2.24, 2.45) is 5.73 Å². The van der Waals surface area contributed by atoms with Gasteiger partial charge in [0.05, 0.1) is 13.2 Å². The van der Waals surface area contributed by atoms with E-state index in [-0.39, 0.29) is 24.4 Å². The lowest BCUT2D eigenvalue weighted by Crippen LogP contribution is -2.42.